The highest BCUT2D eigenvalue weighted by molar-refractivity contribution is 7.52. The van der Waals surface area contributed by atoms with Gasteiger partial charge in [0.25, 0.3) is 0 Å². The minimum absolute atomic E-state index is 0.0233. The van der Waals surface area contributed by atoms with Crippen molar-refractivity contribution in [2.75, 3.05) is 18.9 Å². The zero-order chi connectivity index (χ0) is 29.0. The number of para-hydroxylation sites is 1. The fourth-order valence-corrected chi connectivity index (χ4v) is 5.59. The molecular formula is C25H26ClN6O8P. The number of rotatable bonds is 11. The van der Waals surface area contributed by atoms with Gasteiger partial charge in [0.2, 0.25) is 5.28 Å². The van der Waals surface area contributed by atoms with Crippen LogP contribution in [-0.4, -0.2) is 67.2 Å². The van der Waals surface area contributed by atoms with Crippen molar-refractivity contribution in [2.24, 2.45) is 0 Å². The molecule has 5 rings (SSSR count). The molecule has 5 atom stereocenters. The van der Waals surface area contributed by atoms with Crippen molar-refractivity contribution in [2.45, 2.75) is 31.1 Å². The summed E-state index contributed by atoms with van der Waals surface area (Å²) >= 11 is 6.26. The Morgan fingerprint density at radius 3 is 2.54 bits per heavy atom. The van der Waals surface area contributed by atoms with Crippen molar-refractivity contribution in [1.29, 1.82) is 0 Å². The van der Waals surface area contributed by atoms with E-state index in [9.17, 15) is 19.6 Å². The number of nitrogens with zero attached hydrogens (tertiary/aromatic N) is 4. The van der Waals surface area contributed by atoms with Crippen LogP contribution in [0.1, 0.15) is 11.8 Å². The Hall–Kier alpha value is -3.62. The second-order valence-electron chi connectivity index (χ2n) is 8.91. The van der Waals surface area contributed by atoms with Gasteiger partial charge in [0.15, 0.2) is 23.2 Å². The van der Waals surface area contributed by atoms with Gasteiger partial charge in [-0.15, -0.1) is 0 Å². The molecule has 2 aromatic heterocycles. The molecule has 0 spiro atoms. The number of aromatic nitrogens is 4. The van der Waals surface area contributed by atoms with E-state index in [0.29, 0.717) is 0 Å². The smallest absolute Gasteiger partial charge is 0.459 e. The lowest BCUT2D eigenvalue weighted by Gasteiger charge is -2.22. The van der Waals surface area contributed by atoms with Crippen molar-refractivity contribution in [3.63, 3.8) is 0 Å². The van der Waals surface area contributed by atoms with Gasteiger partial charge in [-0.1, -0.05) is 48.5 Å². The summed E-state index contributed by atoms with van der Waals surface area (Å²) in [6, 6.07) is 17.2. The molecule has 14 nitrogen and oxygen atoms in total. The third kappa shape index (κ3) is 6.66. The highest BCUT2D eigenvalue weighted by Crippen LogP contribution is 2.45. The van der Waals surface area contributed by atoms with E-state index in [4.69, 9.17) is 35.9 Å². The Balaban J connectivity index is 1.27. The molecule has 0 amide bonds. The summed E-state index contributed by atoms with van der Waals surface area (Å²) in [5.41, 5.74) is 6.98. The number of aliphatic hydroxyl groups is 2. The number of anilines is 1. The number of benzene rings is 2. The molecule has 0 saturated carbocycles. The Labute approximate surface area is 238 Å². The molecule has 3 unspecified atom stereocenters. The van der Waals surface area contributed by atoms with Crippen LogP contribution in [0.2, 0.25) is 5.28 Å². The van der Waals surface area contributed by atoms with Crippen LogP contribution in [-0.2, 0) is 30.0 Å². The van der Waals surface area contributed by atoms with E-state index >= 15 is 0 Å². The van der Waals surface area contributed by atoms with E-state index in [1.807, 2.05) is 18.2 Å². The number of carbonyl (C=O) groups excluding carboxylic acids is 1. The number of halogens is 1. The van der Waals surface area contributed by atoms with E-state index in [-0.39, 0.29) is 34.6 Å². The van der Waals surface area contributed by atoms with Crippen LogP contribution in [0.3, 0.4) is 0 Å². The molecule has 2 aromatic carbocycles. The Morgan fingerprint density at radius 2 is 1.80 bits per heavy atom. The third-order valence-electron chi connectivity index (χ3n) is 6.09. The van der Waals surface area contributed by atoms with Crippen molar-refractivity contribution in [3.05, 3.63) is 77.8 Å². The van der Waals surface area contributed by atoms with Gasteiger partial charge in [-0.2, -0.15) is 0 Å². The molecule has 5 N–H and O–H groups in total. The van der Waals surface area contributed by atoms with E-state index in [1.54, 1.807) is 42.5 Å². The number of nitrogen functional groups attached to an aromatic ring is 1. The number of imidazole rings is 1. The van der Waals surface area contributed by atoms with Gasteiger partial charge in [-0.25, -0.2) is 24.6 Å². The third-order valence-corrected chi connectivity index (χ3v) is 7.84. The Kier molecular flexibility index (Phi) is 8.80. The lowest BCUT2D eigenvalue weighted by molar-refractivity contribution is -0.143. The van der Waals surface area contributed by atoms with Crippen molar-refractivity contribution >= 4 is 42.3 Å². The Bertz CT molecular complexity index is 1550. The topological polar surface area (TPSA) is 193 Å². The molecule has 0 aliphatic carbocycles. The summed E-state index contributed by atoms with van der Waals surface area (Å²) in [7, 11) is -4.23. The van der Waals surface area contributed by atoms with Gasteiger partial charge in [-0.3, -0.25) is 13.9 Å². The molecule has 41 heavy (non-hydrogen) atoms. The maximum atomic E-state index is 13.7. The van der Waals surface area contributed by atoms with Gasteiger partial charge < -0.3 is 29.9 Å². The van der Waals surface area contributed by atoms with Crippen LogP contribution < -0.4 is 15.3 Å². The van der Waals surface area contributed by atoms with Crippen LogP contribution in [0.4, 0.5) is 5.82 Å². The highest BCUT2D eigenvalue weighted by Gasteiger charge is 2.46. The zero-order valence-electron chi connectivity index (χ0n) is 21.3. The predicted octanol–water partition coefficient (Wildman–Crippen LogP) is 2.22. The zero-order valence-corrected chi connectivity index (χ0v) is 23.0. The number of nitrogens with one attached hydrogen (secondary N) is 1. The summed E-state index contributed by atoms with van der Waals surface area (Å²) < 4.78 is 37.1. The second-order valence-corrected chi connectivity index (χ2v) is 11.0. The van der Waals surface area contributed by atoms with E-state index in [1.165, 1.54) is 10.9 Å². The van der Waals surface area contributed by atoms with Crippen molar-refractivity contribution < 1.29 is 38.1 Å². The molecule has 3 heterocycles. The fourth-order valence-electron chi connectivity index (χ4n) is 4.05. The second kappa shape index (κ2) is 12.5. The summed E-state index contributed by atoms with van der Waals surface area (Å²) in [5, 5.41) is 23.8. The maximum Gasteiger partial charge on any atom is 0.459 e. The summed E-state index contributed by atoms with van der Waals surface area (Å²) in [5.74, 6) is -0.443. The maximum absolute atomic E-state index is 13.7. The van der Waals surface area contributed by atoms with Gasteiger partial charge in [-0.05, 0) is 29.3 Å². The number of fused-ring (bicyclic) bond motifs is 1. The molecular weight excluding hydrogens is 579 g/mol. The largest absolute Gasteiger partial charge is 0.460 e. The number of esters is 1. The molecule has 216 valence electrons. The highest BCUT2D eigenvalue weighted by atomic mass is 35.5. The normalized spacial score (nSPS) is 21.9. The summed E-state index contributed by atoms with van der Waals surface area (Å²) in [6.07, 6.45) is -4.22. The number of aliphatic hydroxyl groups excluding tert-OH is 2. The average Bonchev–Trinajstić information content (AvgIpc) is 3.46. The minimum Gasteiger partial charge on any atom is -0.460 e. The minimum atomic E-state index is -4.23. The summed E-state index contributed by atoms with van der Waals surface area (Å²) in [6.45, 7) is -0.990. The molecule has 1 aliphatic heterocycles. The monoisotopic (exact) mass is 604 g/mol. The number of hydrogen-bond donors (Lipinski definition) is 4. The lowest BCUT2D eigenvalue weighted by atomic mass is 10.1. The molecule has 1 fully saturated rings. The van der Waals surface area contributed by atoms with Gasteiger partial charge >= 0.3 is 13.7 Å². The van der Waals surface area contributed by atoms with Crippen LogP contribution in [0.5, 0.6) is 5.75 Å². The fraction of sp³-hybridized carbons (Fsp3) is 0.280. The Morgan fingerprint density at radius 1 is 1.10 bits per heavy atom. The first kappa shape index (κ1) is 28.9. The van der Waals surface area contributed by atoms with Gasteiger partial charge in [0.1, 0.15) is 43.5 Å². The first-order chi connectivity index (χ1) is 19.7. The van der Waals surface area contributed by atoms with E-state index < -0.39 is 51.4 Å². The van der Waals surface area contributed by atoms with E-state index in [0.717, 1.165) is 5.56 Å². The molecule has 1 saturated heterocycles. The van der Waals surface area contributed by atoms with E-state index in [2.05, 4.69) is 20.0 Å². The molecule has 4 aromatic rings. The van der Waals surface area contributed by atoms with Crippen molar-refractivity contribution in [3.8, 4) is 5.75 Å². The van der Waals surface area contributed by atoms with Crippen molar-refractivity contribution in [1.82, 2.24) is 24.6 Å². The van der Waals surface area contributed by atoms with Gasteiger partial charge in [0.05, 0.1) is 6.61 Å². The number of ether oxygens (including phenoxy) is 2. The molecule has 1 aliphatic rings. The van der Waals surface area contributed by atoms with Crippen LogP contribution in [0, 0.1) is 0 Å². The first-order valence-electron chi connectivity index (χ1n) is 12.3. The standard InChI is InChI=1S/C25H26ClN6O8P/c26-25-31-19-22(27)28-14-29-23(19)32(25)24-21(35)20(34)17(39-24)13-38-41(36,40-16-9-5-2-6-10-16)30-11-18(33)37-12-15-7-3-1-4-8-15/h1-10,14,17,20-21,24,34-35H,11-13H2,(H,30,36)(H2,27,28,29)/t17-,20?,21?,24-,41?/m1/s1. The quantitative estimate of drug-likeness (QED) is 0.111. The number of nitrogens with two attached hydrogens (primary N) is 1. The van der Waals surface area contributed by atoms with Crippen LogP contribution in [0.15, 0.2) is 67.0 Å². The number of hydrogen-bond acceptors (Lipinski definition) is 12. The summed E-state index contributed by atoms with van der Waals surface area (Å²) in [4.78, 5) is 24.4. The molecule has 16 heteroatoms. The lowest BCUT2D eigenvalue weighted by Crippen LogP contribution is -2.34. The average molecular weight is 605 g/mol. The first-order valence-corrected chi connectivity index (χ1v) is 14.3. The van der Waals surface area contributed by atoms with Crippen LogP contribution >= 0.6 is 19.3 Å². The molecule has 0 radical (unpaired) electrons. The molecule has 0 bridgehead atoms. The predicted molar refractivity (Wildman–Crippen MR) is 146 cm³/mol. The van der Waals surface area contributed by atoms with Crippen LogP contribution in [0.25, 0.3) is 11.2 Å². The van der Waals surface area contributed by atoms with Gasteiger partial charge in [0, 0.05) is 0 Å². The SMILES string of the molecule is Nc1ncnc2c1nc(Cl)n2[C@@H]1O[C@H](COP(=O)(NCC(=O)OCc2ccccc2)Oc2ccccc2)C(O)C1O. The number of carbonyl (C=O) groups is 1.